The lowest BCUT2D eigenvalue weighted by Gasteiger charge is -2.36. The lowest BCUT2D eigenvalue weighted by Crippen LogP contribution is -2.44. The van der Waals surface area contributed by atoms with Crippen LogP contribution in [-0.2, 0) is 14.9 Å². The molecule has 0 atom stereocenters. The third-order valence-corrected chi connectivity index (χ3v) is 6.90. The van der Waals surface area contributed by atoms with E-state index in [2.05, 4.69) is 10.2 Å². The molecule has 0 saturated carbocycles. The average Bonchev–Trinajstić information content (AvgIpc) is 3.14. The van der Waals surface area contributed by atoms with E-state index in [1.165, 1.54) is 37.8 Å². The van der Waals surface area contributed by atoms with Crippen LogP contribution < -0.4 is 10.1 Å². The molecule has 2 aromatic carbocycles. The summed E-state index contributed by atoms with van der Waals surface area (Å²) in [6.07, 6.45) is 6.22. The first kappa shape index (κ1) is 24.2. The molecule has 4 rings (SSSR count). The summed E-state index contributed by atoms with van der Waals surface area (Å²) in [6, 6.07) is 13.7. The van der Waals surface area contributed by atoms with Gasteiger partial charge in [0.15, 0.2) is 0 Å². The Kier molecular flexibility index (Phi) is 8.13. The predicted octanol–water partition coefficient (Wildman–Crippen LogP) is 4.54. The quantitative estimate of drug-likeness (QED) is 0.453. The second-order valence-corrected chi connectivity index (χ2v) is 9.08. The van der Waals surface area contributed by atoms with Gasteiger partial charge in [0, 0.05) is 37.6 Å². The van der Waals surface area contributed by atoms with Crippen molar-refractivity contribution in [1.29, 1.82) is 0 Å². The molecule has 1 N–H and O–H groups in total. The van der Waals surface area contributed by atoms with E-state index in [4.69, 9.17) is 9.47 Å². The Morgan fingerprint density at radius 2 is 1.65 bits per heavy atom. The predicted molar refractivity (Wildman–Crippen MR) is 130 cm³/mol. The number of carbonyl (C=O) groups is 1. The molecule has 0 radical (unpaired) electrons. The molecule has 0 unspecified atom stereocenters. The summed E-state index contributed by atoms with van der Waals surface area (Å²) in [5, 5.41) is 14.1. The zero-order chi connectivity index (χ0) is 23.8. The van der Waals surface area contributed by atoms with E-state index in [-0.39, 0.29) is 11.6 Å². The van der Waals surface area contributed by atoms with E-state index in [0.717, 1.165) is 30.9 Å². The van der Waals surface area contributed by atoms with E-state index in [1.807, 2.05) is 24.3 Å². The van der Waals surface area contributed by atoms with Crippen molar-refractivity contribution in [3.05, 3.63) is 64.2 Å². The summed E-state index contributed by atoms with van der Waals surface area (Å²) in [5.41, 5.74) is 0.693. The molecular weight excluding hydrogens is 434 g/mol. The fraction of sp³-hybridized carbons (Fsp3) is 0.500. The van der Waals surface area contributed by atoms with Crippen LogP contribution in [0, 0.1) is 10.1 Å². The molecule has 0 bridgehead atoms. The first-order valence-electron chi connectivity index (χ1n) is 12.2. The van der Waals surface area contributed by atoms with Crippen molar-refractivity contribution in [2.45, 2.75) is 43.9 Å². The van der Waals surface area contributed by atoms with Crippen molar-refractivity contribution < 1.29 is 19.2 Å². The Morgan fingerprint density at radius 1 is 1.00 bits per heavy atom. The second kappa shape index (κ2) is 11.4. The van der Waals surface area contributed by atoms with Gasteiger partial charge in [0.2, 0.25) is 5.91 Å². The van der Waals surface area contributed by atoms with E-state index in [9.17, 15) is 14.9 Å². The summed E-state index contributed by atoms with van der Waals surface area (Å²) in [4.78, 5) is 26.5. The number of anilines is 1. The van der Waals surface area contributed by atoms with Gasteiger partial charge in [-0.05, 0) is 68.6 Å². The Hall–Kier alpha value is -2.97. The maximum Gasteiger partial charge on any atom is 0.269 e. The fourth-order valence-electron chi connectivity index (χ4n) is 4.81. The molecule has 2 aromatic rings. The van der Waals surface area contributed by atoms with Crippen LogP contribution in [0.2, 0.25) is 0 Å². The van der Waals surface area contributed by atoms with Gasteiger partial charge < -0.3 is 14.8 Å². The fourth-order valence-corrected chi connectivity index (χ4v) is 4.81. The minimum absolute atomic E-state index is 0.0119. The maximum atomic E-state index is 13.4. The molecule has 8 heteroatoms. The van der Waals surface area contributed by atoms with Gasteiger partial charge in [-0.25, -0.2) is 0 Å². The largest absolute Gasteiger partial charge is 0.492 e. The van der Waals surface area contributed by atoms with Crippen molar-refractivity contribution in [3.63, 3.8) is 0 Å². The average molecular weight is 468 g/mol. The number of nitrogens with zero attached hydrogens (tertiary/aromatic N) is 2. The van der Waals surface area contributed by atoms with Crippen molar-refractivity contribution in [2.24, 2.45) is 0 Å². The van der Waals surface area contributed by atoms with E-state index in [0.29, 0.717) is 38.3 Å². The van der Waals surface area contributed by atoms with E-state index < -0.39 is 10.3 Å². The lowest BCUT2D eigenvalue weighted by molar-refractivity contribution is -0.384. The normalized spacial score (nSPS) is 18.6. The maximum absolute atomic E-state index is 13.4. The number of ether oxygens (including phenoxy) is 2. The number of hydrogen-bond acceptors (Lipinski definition) is 6. The first-order valence-corrected chi connectivity index (χ1v) is 12.2. The lowest BCUT2D eigenvalue weighted by atomic mass is 9.73. The van der Waals surface area contributed by atoms with Crippen LogP contribution in [0.5, 0.6) is 5.75 Å². The third kappa shape index (κ3) is 5.93. The number of carbonyl (C=O) groups excluding carboxylic acids is 1. The van der Waals surface area contributed by atoms with Crippen molar-refractivity contribution in [2.75, 3.05) is 44.8 Å². The first-order chi connectivity index (χ1) is 16.6. The molecule has 2 aliphatic rings. The van der Waals surface area contributed by atoms with Gasteiger partial charge in [-0.15, -0.1) is 0 Å². The molecule has 0 spiro atoms. The molecule has 2 heterocycles. The Balaban J connectivity index is 1.37. The highest BCUT2D eigenvalue weighted by Gasteiger charge is 2.42. The van der Waals surface area contributed by atoms with Crippen molar-refractivity contribution >= 4 is 17.3 Å². The number of benzene rings is 2. The monoisotopic (exact) mass is 467 g/mol. The van der Waals surface area contributed by atoms with Crippen molar-refractivity contribution in [3.8, 4) is 5.75 Å². The molecule has 34 heavy (non-hydrogen) atoms. The Bertz CT molecular complexity index is 947. The molecule has 0 aromatic heterocycles. The highest BCUT2D eigenvalue weighted by Crippen LogP contribution is 2.37. The summed E-state index contributed by atoms with van der Waals surface area (Å²) < 4.78 is 11.4. The number of nitro groups is 1. The number of nitrogens with one attached hydrogen (secondary N) is 1. The minimum Gasteiger partial charge on any atom is -0.492 e. The van der Waals surface area contributed by atoms with E-state index >= 15 is 0 Å². The zero-order valence-electron chi connectivity index (χ0n) is 19.5. The standard InChI is InChI=1S/C26H33N3O5/c30-25(26(13-18-33-19-14-26)21-5-9-23(10-6-21)29(31)32)27-22-7-11-24(12-8-22)34-20-17-28-15-3-1-2-4-16-28/h5-12H,1-4,13-20H2,(H,27,30). The minimum atomic E-state index is -0.782. The molecule has 2 saturated heterocycles. The van der Waals surface area contributed by atoms with Gasteiger partial charge in [0.05, 0.1) is 10.3 Å². The van der Waals surface area contributed by atoms with Crippen LogP contribution in [0.3, 0.4) is 0 Å². The van der Waals surface area contributed by atoms with Gasteiger partial charge in [-0.3, -0.25) is 19.8 Å². The number of nitro benzene ring substituents is 1. The Labute approximate surface area is 200 Å². The summed E-state index contributed by atoms with van der Waals surface area (Å²) in [5.74, 6) is 0.656. The molecule has 2 fully saturated rings. The van der Waals surface area contributed by atoms with Gasteiger partial charge in [-0.2, -0.15) is 0 Å². The molecule has 2 aliphatic heterocycles. The zero-order valence-corrected chi connectivity index (χ0v) is 19.5. The number of amides is 1. The molecule has 182 valence electrons. The van der Waals surface area contributed by atoms with E-state index in [1.54, 1.807) is 12.1 Å². The third-order valence-electron chi connectivity index (χ3n) is 6.90. The van der Waals surface area contributed by atoms with Gasteiger partial charge in [-0.1, -0.05) is 25.0 Å². The van der Waals surface area contributed by atoms with Gasteiger partial charge >= 0.3 is 0 Å². The van der Waals surface area contributed by atoms with Crippen LogP contribution in [-0.4, -0.2) is 55.2 Å². The number of likely N-dealkylation sites (tertiary alicyclic amines) is 1. The van der Waals surface area contributed by atoms with Crippen molar-refractivity contribution in [1.82, 2.24) is 4.90 Å². The van der Waals surface area contributed by atoms with Gasteiger partial charge in [0.25, 0.3) is 5.69 Å². The SMILES string of the molecule is O=C(Nc1ccc(OCCN2CCCCCC2)cc1)C1(c2ccc([N+](=O)[O-])cc2)CCOCC1. The van der Waals surface area contributed by atoms with Crippen LogP contribution in [0.15, 0.2) is 48.5 Å². The number of hydrogen-bond donors (Lipinski definition) is 1. The summed E-state index contributed by atoms with van der Waals surface area (Å²) >= 11 is 0. The number of non-ortho nitro benzene ring substituents is 1. The molecular formula is C26H33N3O5. The van der Waals surface area contributed by atoms with Gasteiger partial charge in [0.1, 0.15) is 12.4 Å². The smallest absolute Gasteiger partial charge is 0.269 e. The molecule has 1 amide bonds. The van der Waals surface area contributed by atoms with Crippen LogP contribution in [0.1, 0.15) is 44.1 Å². The second-order valence-electron chi connectivity index (χ2n) is 9.08. The van der Waals surface area contributed by atoms with Crippen LogP contribution in [0.4, 0.5) is 11.4 Å². The Morgan fingerprint density at radius 3 is 2.26 bits per heavy atom. The highest BCUT2D eigenvalue weighted by molar-refractivity contribution is 5.99. The summed E-state index contributed by atoms with van der Waals surface area (Å²) in [7, 11) is 0. The van der Waals surface area contributed by atoms with Crippen LogP contribution in [0.25, 0.3) is 0 Å². The summed E-state index contributed by atoms with van der Waals surface area (Å²) in [6.45, 7) is 4.81. The topological polar surface area (TPSA) is 93.9 Å². The molecule has 8 nitrogen and oxygen atoms in total. The van der Waals surface area contributed by atoms with Crippen LogP contribution >= 0.6 is 0 Å². The molecule has 0 aliphatic carbocycles. The number of rotatable bonds is 8. The highest BCUT2D eigenvalue weighted by atomic mass is 16.6.